The van der Waals surface area contributed by atoms with E-state index in [-0.39, 0.29) is 29.0 Å². The van der Waals surface area contributed by atoms with Crippen molar-refractivity contribution in [3.8, 4) is 17.2 Å². The molecule has 1 saturated heterocycles. The van der Waals surface area contributed by atoms with Crippen LogP contribution >= 0.6 is 11.6 Å². The van der Waals surface area contributed by atoms with Crippen LogP contribution in [0.4, 0.5) is 0 Å². The molecular formula is C25H28ClNO7. The molecule has 3 unspecified atom stereocenters. The number of benzene rings is 2. The van der Waals surface area contributed by atoms with Gasteiger partial charge in [-0.3, -0.25) is 14.4 Å². The molecule has 34 heavy (non-hydrogen) atoms. The Morgan fingerprint density at radius 1 is 1.15 bits per heavy atom. The van der Waals surface area contributed by atoms with Gasteiger partial charge < -0.3 is 24.6 Å². The summed E-state index contributed by atoms with van der Waals surface area (Å²) in [6.45, 7) is 3.71. The van der Waals surface area contributed by atoms with Crippen LogP contribution in [0.5, 0.6) is 17.2 Å². The molecule has 2 N–H and O–H groups in total. The van der Waals surface area contributed by atoms with Crippen molar-refractivity contribution in [3.05, 3.63) is 52.0 Å². The number of aromatic hydroxyl groups is 1. The lowest BCUT2D eigenvalue weighted by molar-refractivity contribution is -0.146. The number of phenolic OH excluding ortho intramolecular Hbond substituents is 1. The molecule has 2 aromatic carbocycles. The van der Waals surface area contributed by atoms with Gasteiger partial charge in [0, 0.05) is 35.1 Å². The van der Waals surface area contributed by atoms with Crippen LogP contribution in [0.3, 0.4) is 0 Å². The van der Waals surface area contributed by atoms with Crippen LogP contribution in [0, 0.1) is 0 Å². The van der Waals surface area contributed by atoms with Crippen molar-refractivity contribution >= 4 is 29.1 Å². The molecule has 3 rings (SSSR count). The number of methoxy groups -OCH3 is 2. The summed E-state index contributed by atoms with van der Waals surface area (Å²) in [5.74, 6) is -1.65. The third kappa shape index (κ3) is 5.34. The highest BCUT2D eigenvalue weighted by atomic mass is 35.5. The molecule has 2 aromatic rings. The van der Waals surface area contributed by atoms with Crippen molar-refractivity contribution in [2.24, 2.45) is 0 Å². The fourth-order valence-electron chi connectivity index (χ4n) is 4.47. The second kappa shape index (κ2) is 10.9. The van der Waals surface area contributed by atoms with Crippen LogP contribution in [0.1, 0.15) is 58.9 Å². The molecule has 0 amide bonds. The van der Waals surface area contributed by atoms with Gasteiger partial charge >= 0.3 is 5.97 Å². The Kier molecular flexibility index (Phi) is 8.17. The first-order valence-corrected chi connectivity index (χ1v) is 11.3. The van der Waals surface area contributed by atoms with Gasteiger partial charge in [0.25, 0.3) is 0 Å². The van der Waals surface area contributed by atoms with E-state index in [1.54, 1.807) is 25.1 Å². The minimum Gasteiger partial charge on any atom is -0.507 e. The minimum atomic E-state index is -0.598. The maximum Gasteiger partial charge on any atom is 0.302 e. The molecule has 0 aromatic heterocycles. The van der Waals surface area contributed by atoms with Crippen LogP contribution in [0.2, 0.25) is 5.02 Å². The molecule has 3 atom stereocenters. The molecule has 1 aliphatic rings. The lowest BCUT2D eigenvalue weighted by Crippen LogP contribution is -2.39. The molecule has 182 valence electrons. The van der Waals surface area contributed by atoms with E-state index in [1.807, 2.05) is 0 Å². The number of ether oxygens (including phenoxy) is 3. The van der Waals surface area contributed by atoms with Crippen LogP contribution < -0.4 is 14.8 Å². The van der Waals surface area contributed by atoms with E-state index < -0.39 is 30.1 Å². The summed E-state index contributed by atoms with van der Waals surface area (Å²) >= 11 is 5.96. The predicted molar refractivity (Wildman–Crippen MR) is 126 cm³/mol. The lowest BCUT2D eigenvalue weighted by atomic mass is 9.85. The Bertz CT molecular complexity index is 1100. The van der Waals surface area contributed by atoms with E-state index in [0.29, 0.717) is 34.9 Å². The molecule has 1 fully saturated rings. The number of hydrogen-bond donors (Lipinski definition) is 2. The summed E-state index contributed by atoms with van der Waals surface area (Å²) in [5, 5.41) is 15.0. The zero-order valence-corrected chi connectivity index (χ0v) is 20.3. The van der Waals surface area contributed by atoms with Crippen LogP contribution in [-0.2, 0) is 9.53 Å². The van der Waals surface area contributed by atoms with Crippen molar-refractivity contribution < 1.29 is 33.7 Å². The summed E-state index contributed by atoms with van der Waals surface area (Å²) in [7, 11) is 2.82. The highest BCUT2D eigenvalue weighted by molar-refractivity contribution is 6.31. The van der Waals surface area contributed by atoms with E-state index >= 15 is 0 Å². The maximum absolute atomic E-state index is 13.2. The van der Waals surface area contributed by atoms with Gasteiger partial charge in [-0.05, 0) is 32.0 Å². The highest BCUT2D eigenvalue weighted by Crippen LogP contribution is 2.47. The number of hydrogen-bond acceptors (Lipinski definition) is 8. The highest BCUT2D eigenvalue weighted by Gasteiger charge is 2.39. The zero-order valence-electron chi connectivity index (χ0n) is 19.5. The van der Waals surface area contributed by atoms with Gasteiger partial charge in [0.2, 0.25) is 0 Å². The normalized spacial score (nSPS) is 18.3. The van der Waals surface area contributed by atoms with Gasteiger partial charge in [-0.25, -0.2) is 0 Å². The predicted octanol–water partition coefficient (Wildman–Crippen LogP) is 3.92. The molecule has 0 spiro atoms. The molecule has 0 radical (unpaired) electrons. The Labute approximate surface area is 203 Å². The number of phenols is 1. The van der Waals surface area contributed by atoms with Crippen molar-refractivity contribution in [3.63, 3.8) is 0 Å². The molecular weight excluding hydrogens is 462 g/mol. The summed E-state index contributed by atoms with van der Waals surface area (Å²) in [4.78, 5) is 37.4. The largest absolute Gasteiger partial charge is 0.507 e. The van der Waals surface area contributed by atoms with E-state index in [2.05, 4.69) is 5.32 Å². The number of halogens is 1. The minimum absolute atomic E-state index is 0.0949. The number of carbonyl (C=O) groups is 3. The van der Waals surface area contributed by atoms with E-state index in [4.69, 9.17) is 25.8 Å². The van der Waals surface area contributed by atoms with Crippen molar-refractivity contribution in [1.82, 2.24) is 5.32 Å². The summed E-state index contributed by atoms with van der Waals surface area (Å²) in [5.41, 5.74) is 0.596. The number of nitrogens with one attached hydrogen (secondary N) is 1. The van der Waals surface area contributed by atoms with Gasteiger partial charge in [0.15, 0.2) is 11.6 Å². The SMILES string of the molecule is COc1cc(OC)c(C2CCNC2C(C)OC(C)=O)c(O)c1C(=O)CC(=O)c1cccc(Cl)c1. The standard InChI is InChI=1S/C25H28ClNO7/c1-13(34-14(2)28)24-17(8-9-27-24)22-20(32-3)12-21(33-4)23(25(22)31)19(30)11-18(29)15-6-5-7-16(26)10-15/h5-7,10,12-13,17,24,27,31H,8-9,11H2,1-4H3. The zero-order chi connectivity index (χ0) is 25.0. The average Bonchev–Trinajstić information content (AvgIpc) is 3.27. The molecule has 0 aliphatic carbocycles. The van der Waals surface area contributed by atoms with Crippen LogP contribution in [-0.4, -0.2) is 55.6 Å². The Morgan fingerprint density at radius 2 is 1.85 bits per heavy atom. The second-order valence-electron chi connectivity index (χ2n) is 8.14. The summed E-state index contributed by atoms with van der Waals surface area (Å²) in [6.07, 6.45) is -0.354. The molecule has 1 heterocycles. The Balaban J connectivity index is 2.01. The van der Waals surface area contributed by atoms with Gasteiger partial charge in [-0.2, -0.15) is 0 Å². The lowest BCUT2D eigenvalue weighted by Gasteiger charge is -2.28. The molecule has 9 heteroatoms. The summed E-state index contributed by atoms with van der Waals surface area (Å²) in [6, 6.07) is 7.53. The number of Topliss-reactive ketones (excluding diaryl/α,β-unsaturated/α-hetero) is 2. The number of ketones is 2. The van der Waals surface area contributed by atoms with Crippen molar-refractivity contribution in [2.75, 3.05) is 20.8 Å². The van der Waals surface area contributed by atoms with Crippen LogP contribution in [0.15, 0.2) is 30.3 Å². The van der Waals surface area contributed by atoms with E-state index in [1.165, 1.54) is 33.3 Å². The van der Waals surface area contributed by atoms with Gasteiger partial charge in [-0.1, -0.05) is 23.7 Å². The topological polar surface area (TPSA) is 111 Å². The molecule has 0 bridgehead atoms. The molecule has 0 saturated carbocycles. The number of carbonyl (C=O) groups excluding carboxylic acids is 3. The summed E-state index contributed by atoms with van der Waals surface area (Å²) < 4.78 is 16.2. The first-order chi connectivity index (χ1) is 16.2. The smallest absolute Gasteiger partial charge is 0.302 e. The van der Waals surface area contributed by atoms with E-state index in [9.17, 15) is 19.5 Å². The Morgan fingerprint density at radius 3 is 2.47 bits per heavy atom. The maximum atomic E-state index is 13.2. The fraction of sp³-hybridized carbons (Fsp3) is 0.400. The second-order valence-corrected chi connectivity index (χ2v) is 8.58. The van der Waals surface area contributed by atoms with Gasteiger partial charge in [0.05, 0.1) is 26.7 Å². The number of esters is 1. The monoisotopic (exact) mass is 489 g/mol. The first kappa shape index (κ1) is 25.5. The number of rotatable bonds is 9. The van der Waals surface area contributed by atoms with Gasteiger partial charge in [0.1, 0.15) is 28.9 Å². The first-order valence-electron chi connectivity index (χ1n) is 10.9. The Hall–Kier alpha value is -3.10. The molecule has 1 aliphatic heterocycles. The van der Waals surface area contributed by atoms with Crippen molar-refractivity contribution in [2.45, 2.75) is 44.8 Å². The molecule has 8 nitrogen and oxygen atoms in total. The van der Waals surface area contributed by atoms with Gasteiger partial charge in [-0.15, -0.1) is 0 Å². The fourth-order valence-corrected chi connectivity index (χ4v) is 4.66. The third-order valence-corrected chi connectivity index (χ3v) is 6.18. The van der Waals surface area contributed by atoms with Crippen LogP contribution in [0.25, 0.3) is 0 Å². The quantitative estimate of drug-likeness (QED) is 0.310. The van der Waals surface area contributed by atoms with E-state index in [0.717, 1.165) is 0 Å². The average molecular weight is 490 g/mol. The third-order valence-electron chi connectivity index (χ3n) is 5.95. The van der Waals surface area contributed by atoms with Crippen molar-refractivity contribution in [1.29, 1.82) is 0 Å².